The second-order valence-electron chi connectivity index (χ2n) is 4.50. The van der Waals surface area contributed by atoms with Gasteiger partial charge in [-0.2, -0.15) is 0 Å². The summed E-state index contributed by atoms with van der Waals surface area (Å²) in [5, 5.41) is 3.41. The largest absolute Gasteiger partial charge is 0.361 e. The molecule has 0 amide bonds. The Morgan fingerprint density at radius 3 is 2.83 bits per heavy atom. The van der Waals surface area contributed by atoms with Gasteiger partial charge in [0.05, 0.1) is 0 Å². The van der Waals surface area contributed by atoms with Gasteiger partial charge in [-0.05, 0) is 49.7 Å². The monoisotopic (exact) mass is 246 g/mol. The number of rotatable bonds is 5. The molecule has 0 radical (unpaired) electrons. The fourth-order valence-electron chi connectivity index (χ4n) is 2.00. The van der Waals surface area contributed by atoms with E-state index in [9.17, 15) is 4.39 Å². The van der Waals surface area contributed by atoms with Gasteiger partial charge < -0.3 is 10.3 Å². The summed E-state index contributed by atoms with van der Waals surface area (Å²) in [4.78, 5) is 3.04. The zero-order valence-corrected chi connectivity index (χ0v) is 10.8. The van der Waals surface area contributed by atoms with Crippen molar-refractivity contribution >= 4 is 0 Å². The molecule has 0 fully saturated rings. The van der Waals surface area contributed by atoms with Crippen LogP contribution in [0.4, 0.5) is 4.39 Å². The lowest BCUT2D eigenvalue weighted by Gasteiger charge is -2.15. The van der Waals surface area contributed by atoms with Crippen molar-refractivity contribution in [3.63, 3.8) is 0 Å². The van der Waals surface area contributed by atoms with Crippen LogP contribution in [0.2, 0.25) is 0 Å². The van der Waals surface area contributed by atoms with Crippen molar-refractivity contribution in [1.29, 1.82) is 0 Å². The molecule has 1 atom stereocenters. The van der Waals surface area contributed by atoms with Crippen LogP contribution >= 0.6 is 0 Å². The van der Waals surface area contributed by atoms with Crippen molar-refractivity contribution in [2.24, 2.45) is 0 Å². The molecular formula is C15H19FN2. The summed E-state index contributed by atoms with van der Waals surface area (Å²) in [6, 6.07) is 9.28. The maximum atomic E-state index is 13.8. The Morgan fingerprint density at radius 2 is 2.17 bits per heavy atom. The van der Waals surface area contributed by atoms with Gasteiger partial charge in [0.25, 0.3) is 0 Å². The highest BCUT2D eigenvalue weighted by Crippen LogP contribution is 2.25. The Hall–Kier alpha value is -1.61. The van der Waals surface area contributed by atoms with Crippen LogP contribution in [-0.4, -0.2) is 11.5 Å². The zero-order chi connectivity index (χ0) is 13.0. The summed E-state index contributed by atoms with van der Waals surface area (Å²) in [6.45, 7) is 5.20. The normalized spacial score (nSPS) is 12.6. The van der Waals surface area contributed by atoms with E-state index < -0.39 is 0 Å². The van der Waals surface area contributed by atoms with E-state index in [0.717, 1.165) is 24.2 Å². The van der Waals surface area contributed by atoms with Gasteiger partial charge in [-0.1, -0.05) is 13.0 Å². The molecule has 0 saturated carbocycles. The summed E-state index contributed by atoms with van der Waals surface area (Å²) < 4.78 is 13.8. The number of H-pyrrole nitrogens is 1. The van der Waals surface area contributed by atoms with Gasteiger partial charge in [0, 0.05) is 23.5 Å². The molecule has 1 heterocycles. The van der Waals surface area contributed by atoms with Gasteiger partial charge in [0.1, 0.15) is 5.82 Å². The second kappa shape index (κ2) is 5.83. The number of aromatic amines is 1. The molecule has 96 valence electrons. The number of halogens is 1. The molecule has 0 saturated heterocycles. The topological polar surface area (TPSA) is 27.8 Å². The SMILES string of the molecule is CCCNC(C)c1ccc(F)c(-c2ccc[nH]2)c1. The van der Waals surface area contributed by atoms with E-state index in [1.165, 1.54) is 6.07 Å². The summed E-state index contributed by atoms with van der Waals surface area (Å²) in [5.74, 6) is -0.191. The maximum Gasteiger partial charge on any atom is 0.132 e. The van der Waals surface area contributed by atoms with E-state index in [1.807, 2.05) is 24.3 Å². The van der Waals surface area contributed by atoms with Gasteiger partial charge in [-0.3, -0.25) is 0 Å². The van der Waals surface area contributed by atoms with Crippen LogP contribution in [0.15, 0.2) is 36.5 Å². The molecule has 0 aliphatic carbocycles. The maximum absolute atomic E-state index is 13.8. The van der Waals surface area contributed by atoms with Crippen molar-refractivity contribution < 1.29 is 4.39 Å². The molecule has 2 N–H and O–H groups in total. The highest BCUT2D eigenvalue weighted by atomic mass is 19.1. The van der Waals surface area contributed by atoms with Crippen LogP contribution in [0.5, 0.6) is 0 Å². The van der Waals surface area contributed by atoms with Crippen molar-refractivity contribution in [2.75, 3.05) is 6.54 Å². The van der Waals surface area contributed by atoms with E-state index in [0.29, 0.717) is 5.56 Å². The number of hydrogen-bond acceptors (Lipinski definition) is 1. The minimum absolute atomic E-state index is 0.191. The van der Waals surface area contributed by atoms with Gasteiger partial charge in [-0.25, -0.2) is 4.39 Å². The van der Waals surface area contributed by atoms with E-state index in [1.54, 1.807) is 6.20 Å². The molecular weight excluding hydrogens is 227 g/mol. The van der Waals surface area contributed by atoms with Crippen LogP contribution in [-0.2, 0) is 0 Å². The van der Waals surface area contributed by atoms with Crippen LogP contribution in [0.1, 0.15) is 31.9 Å². The van der Waals surface area contributed by atoms with E-state index in [2.05, 4.69) is 24.1 Å². The molecule has 3 heteroatoms. The lowest BCUT2D eigenvalue weighted by molar-refractivity contribution is 0.568. The molecule has 1 aromatic carbocycles. The zero-order valence-electron chi connectivity index (χ0n) is 10.8. The lowest BCUT2D eigenvalue weighted by Crippen LogP contribution is -2.19. The Bertz CT molecular complexity index is 491. The van der Waals surface area contributed by atoms with Crippen molar-refractivity contribution in [1.82, 2.24) is 10.3 Å². The highest BCUT2D eigenvalue weighted by Gasteiger charge is 2.10. The standard InChI is InChI=1S/C15H19FN2/c1-3-8-17-11(2)12-6-7-14(16)13(10-12)15-5-4-9-18-15/h4-7,9-11,17-18H,3,8H2,1-2H3. The third kappa shape index (κ3) is 2.79. The first-order valence-corrected chi connectivity index (χ1v) is 6.39. The minimum atomic E-state index is -0.191. The van der Waals surface area contributed by atoms with Crippen molar-refractivity contribution in [2.45, 2.75) is 26.3 Å². The van der Waals surface area contributed by atoms with Crippen LogP contribution < -0.4 is 5.32 Å². The smallest absolute Gasteiger partial charge is 0.132 e. The molecule has 2 rings (SSSR count). The van der Waals surface area contributed by atoms with Crippen molar-refractivity contribution in [3.05, 3.63) is 47.9 Å². The quantitative estimate of drug-likeness (QED) is 0.823. The summed E-state index contributed by atoms with van der Waals surface area (Å²) in [5.41, 5.74) is 2.55. The van der Waals surface area contributed by atoms with Crippen molar-refractivity contribution in [3.8, 4) is 11.3 Å². The van der Waals surface area contributed by atoms with Crippen LogP contribution in [0.3, 0.4) is 0 Å². The van der Waals surface area contributed by atoms with E-state index >= 15 is 0 Å². The number of hydrogen-bond donors (Lipinski definition) is 2. The number of aromatic nitrogens is 1. The Balaban J connectivity index is 2.26. The Labute approximate surface area is 107 Å². The second-order valence-corrected chi connectivity index (χ2v) is 4.50. The van der Waals surface area contributed by atoms with Crippen LogP contribution in [0.25, 0.3) is 11.3 Å². The summed E-state index contributed by atoms with van der Waals surface area (Å²) in [6.07, 6.45) is 2.90. The molecule has 18 heavy (non-hydrogen) atoms. The summed E-state index contributed by atoms with van der Waals surface area (Å²) in [7, 11) is 0. The fraction of sp³-hybridized carbons (Fsp3) is 0.333. The first-order valence-electron chi connectivity index (χ1n) is 6.39. The Morgan fingerprint density at radius 1 is 1.33 bits per heavy atom. The molecule has 0 spiro atoms. The molecule has 2 nitrogen and oxygen atoms in total. The average Bonchev–Trinajstić information content (AvgIpc) is 2.90. The number of nitrogens with one attached hydrogen (secondary N) is 2. The first-order chi connectivity index (χ1) is 8.72. The molecule has 1 aromatic heterocycles. The predicted molar refractivity (Wildman–Crippen MR) is 72.9 cm³/mol. The third-order valence-corrected chi connectivity index (χ3v) is 3.08. The molecule has 1 unspecified atom stereocenters. The third-order valence-electron chi connectivity index (χ3n) is 3.08. The highest BCUT2D eigenvalue weighted by molar-refractivity contribution is 5.61. The van der Waals surface area contributed by atoms with Crippen LogP contribution in [0, 0.1) is 5.82 Å². The molecule has 2 aromatic rings. The van der Waals surface area contributed by atoms with Gasteiger partial charge in [-0.15, -0.1) is 0 Å². The average molecular weight is 246 g/mol. The summed E-state index contributed by atoms with van der Waals surface area (Å²) >= 11 is 0. The van der Waals surface area contributed by atoms with Gasteiger partial charge in [0.2, 0.25) is 0 Å². The predicted octanol–water partition coefficient (Wildman–Crippen LogP) is 3.88. The Kier molecular flexibility index (Phi) is 4.15. The van der Waals surface area contributed by atoms with Gasteiger partial charge in [0.15, 0.2) is 0 Å². The van der Waals surface area contributed by atoms with E-state index in [4.69, 9.17) is 0 Å². The number of benzene rings is 1. The molecule has 0 aliphatic rings. The van der Waals surface area contributed by atoms with Gasteiger partial charge >= 0.3 is 0 Å². The first kappa shape index (κ1) is 12.8. The van der Waals surface area contributed by atoms with E-state index in [-0.39, 0.29) is 11.9 Å². The fourth-order valence-corrected chi connectivity index (χ4v) is 2.00. The minimum Gasteiger partial charge on any atom is -0.361 e. The molecule has 0 bridgehead atoms. The lowest BCUT2D eigenvalue weighted by atomic mass is 10.0. The molecule has 0 aliphatic heterocycles.